The molecule has 0 saturated carbocycles. The minimum atomic E-state index is -0.892. The van der Waals surface area contributed by atoms with Crippen LogP contribution in [0.3, 0.4) is 0 Å². The van der Waals surface area contributed by atoms with Crippen molar-refractivity contribution in [1.29, 1.82) is 0 Å². The van der Waals surface area contributed by atoms with Crippen LogP contribution in [-0.4, -0.2) is 17.3 Å². The summed E-state index contributed by atoms with van der Waals surface area (Å²) < 4.78 is 0.863. The second kappa shape index (κ2) is 4.67. The molecular formula is C9H9BrO2S. The molecule has 0 saturated heterocycles. The van der Waals surface area contributed by atoms with Crippen molar-refractivity contribution in [1.82, 2.24) is 0 Å². The van der Waals surface area contributed by atoms with E-state index in [1.54, 1.807) is 23.9 Å². The molecule has 0 spiro atoms. The lowest BCUT2D eigenvalue weighted by Gasteiger charge is -2.02. The fourth-order valence-corrected chi connectivity index (χ4v) is 2.22. The van der Waals surface area contributed by atoms with Gasteiger partial charge in [-0.3, -0.25) is 0 Å². The Labute approximate surface area is 89.5 Å². The zero-order chi connectivity index (χ0) is 9.84. The topological polar surface area (TPSA) is 37.3 Å². The van der Waals surface area contributed by atoms with Gasteiger partial charge in [0.1, 0.15) is 0 Å². The van der Waals surface area contributed by atoms with E-state index in [1.807, 2.05) is 12.3 Å². The molecule has 0 unspecified atom stereocenters. The largest absolute Gasteiger partial charge is 0.478 e. The van der Waals surface area contributed by atoms with Crippen molar-refractivity contribution in [3.8, 4) is 0 Å². The molecule has 0 radical (unpaired) electrons. The standard InChI is InChI=1S/C9H9BrO2S/c1-13-5-7-3-2-6(9(11)12)4-8(7)10/h2-4H,5H2,1H3,(H,11,12). The van der Waals surface area contributed by atoms with Crippen LogP contribution in [0.1, 0.15) is 15.9 Å². The third-order valence-corrected chi connectivity index (χ3v) is 2.94. The summed E-state index contributed by atoms with van der Waals surface area (Å²) in [5.41, 5.74) is 1.44. The van der Waals surface area contributed by atoms with Crippen molar-refractivity contribution in [2.45, 2.75) is 5.75 Å². The van der Waals surface area contributed by atoms with Crippen molar-refractivity contribution in [2.24, 2.45) is 0 Å². The summed E-state index contributed by atoms with van der Waals surface area (Å²) in [6.45, 7) is 0. The number of carboxylic acid groups (broad SMARTS) is 1. The highest BCUT2D eigenvalue weighted by Crippen LogP contribution is 2.22. The van der Waals surface area contributed by atoms with E-state index in [-0.39, 0.29) is 0 Å². The Morgan fingerprint density at radius 3 is 2.77 bits per heavy atom. The van der Waals surface area contributed by atoms with Crippen LogP contribution in [0.5, 0.6) is 0 Å². The molecule has 1 rings (SSSR count). The van der Waals surface area contributed by atoms with Gasteiger partial charge in [0.15, 0.2) is 0 Å². The fraction of sp³-hybridized carbons (Fsp3) is 0.222. The number of rotatable bonds is 3. The van der Waals surface area contributed by atoms with E-state index in [9.17, 15) is 4.79 Å². The van der Waals surface area contributed by atoms with Gasteiger partial charge in [-0.25, -0.2) is 4.79 Å². The van der Waals surface area contributed by atoms with Gasteiger partial charge in [0, 0.05) is 10.2 Å². The number of aromatic carboxylic acids is 1. The molecule has 2 nitrogen and oxygen atoms in total. The van der Waals surface area contributed by atoms with Crippen LogP contribution in [0.15, 0.2) is 22.7 Å². The number of hydrogen-bond acceptors (Lipinski definition) is 2. The summed E-state index contributed by atoms with van der Waals surface area (Å²) >= 11 is 5.05. The number of hydrogen-bond donors (Lipinski definition) is 1. The maximum absolute atomic E-state index is 10.6. The van der Waals surface area contributed by atoms with E-state index < -0.39 is 5.97 Å². The van der Waals surface area contributed by atoms with Gasteiger partial charge in [0.25, 0.3) is 0 Å². The second-order valence-electron chi connectivity index (χ2n) is 2.54. The Balaban J connectivity index is 2.98. The molecule has 1 aromatic rings. The second-order valence-corrected chi connectivity index (χ2v) is 4.26. The zero-order valence-electron chi connectivity index (χ0n) is 7.08. The molecule has 13 heavy (non-hydrogen) atoms. The van der Waals surface area contributed by atoms with E-state index in [1.165, 1.54) is 0 Å². The predicted octanol–water partition coefficient (Wildman–Crippen LogP) is 3.01. The Hall–Kier alpha value is -0.480. The lowest BCUT2D eigenvalue weighted by atomic mass is 10.1. The van der Waals surface area contributed by atoms with Crippen LogP contribution >= 0.6 is 27.7 Å². The number of carboxylic acids is 1. The Bertz CT molecular complexity index is 325. The normalized spacial score (nSPS) is 10.0. The van der Waals surface area contributed by atoms with Gasteiger partial charge in [0.2, 0.25) is 0 Å². The molecule has 0 aliphatic carbocycles. The fourth-order valence-electron chi connectivity index (χ4n) is 0.953. The van der Waals surface area contributed by atoms with Crippen LogP contribution in [0.25, 0.3) is 0 Å². The van der Waals surface area contributed by atoms with Gasteiger partial charge in [-0.2, -0.15) is 11.8 Å². The summed E-state index contributed by atoms with van der Waals surface area (Å²) in [5, 5.41) is 8.70. The number of halogens is 1. The third-order valence-electron chi connectivity index (χ3n) is 1.60. The summed E-state index contributed by atoms with van der Waals surface area (Å²) in [4.78, 5) is 10.6. The maximum Gasteiger partial charge on any atom is 0.335 e. The molecule has 0 aromatic heterocycles. The first kappa shape index (κ1) is 10.6. The molecule has 0 amide bonds. The highest BCUT2D eigenvalue weighted by Gasteiger charge is 2.05. The van der Waals surface area contributed by atoms with Crippen molar-refractivity contribution in [3.05, 3.63) is 33.8 Å². The number of benzene rings is 1. The molecular weight excluding hydrogens is 252 g/mol. The molecule has 0 heterocycles. The first-order valence-electron chi connectivity index (χ1n) is 3.66. The molecule has 0 bridgehead atoms. The van der Waals surface area contributed by atoms with Crippen molar-refractivity contribution >= 4 is 33.7 Å². The summed E-state index contributed by atoms with van der Waals surface area (Å²) in [7, 11) is 0. The lowest BCUT2D eigenvalue weighted by Crippen LogP contribution is -1.96. The van der Waals surface area contributed by atoms with Crippen LogP contribution in [0.2, 0.25) is 0 Å². The minimum Gasteiger partial charge on any atom is -0.478 e. The zero-order valence-corrected chi connectivity index (χ0v) is 9.48. The average molecular weight is 261 g/mol. The Morgan fingerprint density at radius 1 is 1.62 bits per heavy atom. The van der Waals surface area contributed by atoms with Crippen molar-refractivity contribution in [3.63, 3.8) is 0 Å². The average Bonchev–Trinajstić information content (AvgIpc) is 2.08. The summed E-state index contributed by atoms with van der Waals surface area (Å²) in [5.74, 6) is -0.00285. The molecule has 4 heteroatoms. The lowest BCUT2D eigenvalue weighted by molar-refractivity contribution is 0.0697. The van der Waals surface area contributed by atoms with E-state index in [2.05, 4.69) is 15.9 Å². The molecule has 0 fully saturated rings. The van der Waals surface area contributed by atoms with Gasteiger partial charge >= 0.3 is 5.97 Å². The van der Waals surface area contributed by atoms with Crippen LogP contribution < -0.4 is 0 Å². The first-order valence-corrected chi connectivity index (χ1v) is 5.84. The SMILES string of the molecule is CSCc1ccc(C(=O)O)cc1Br. The molecule has 0 atom stereocenters. The molecule has 70 valence electrons. The van der Waals surface area contributed by atoms with E-state index >= 15 is 0 Å². The highest BCUT2D eigenvalue weighted by atomic mass is 79.9. The monoisotopic (exact) mass is 260 g/mol. The Morgan fingerprint density at radius 2 is 2.31 bits per heavy atom. The first-order chi connectivity index (χ1) is 6.15. The van der Waals surface area contributed by atoms with E-state index in [4.69, 9.17) is 5.11 Å². The summed E-state index contributed by atoms with van der Waals surface area (Å²) in [6.07, 6.45) is 2.01. The number of carbonyl (C=O) groups is 1. The maximum atomic E-state index is 10.6. The summed E-state index contributed by atoms with van der Waals surface area (Å²) in [6, 6.07) is 5.09. The van der Waals surface area contributed by atoms with Gasteiger partial charge in [-0.1, -0.05) is 22.0 Å². The highest BCUT2D eigenvalue weighted by molar-refractivity contribution is 9.10. The van der Waals surface area contributed by atoms with Gasteiger partial charge in [-0.15, -0.1) is 0 Å². The Kier molecular flexibility index (Phi) is 3.81. The van der Waals surface area contributed by atoms with E-state index in [0.29, 0.717) is 5.56 Å². The van der Waals surface area contributed by atoms with Gasteiger partial charge < -0.3 is 5.11 Å². The molecule has 1 aromatic carbocycles. The van der Waals surface area contributed by atoms with Crippen molar-refractivity contribution in [2.75, 3.05) is 6.26 Å². The van der Waals surface area contributed by atoms with Crippen LogP contribution in [0.4, 0.5) is 0 Å². The van der Waals surface area contributed by atoms with Gasteiger partial charge in [0.05, 0.1) is 5.56 Å². The predicted molar refractivity (Wildman–Crippen MR) is 58.3 cm³/mol. The molecule has 0 aliphatic rings. The van der Waals surface area contributed by atoms with E-state index in [0.717, 1.165) is 15.8 Å². The van der Waals surface area contributed by atoms with Crippen LogP contribution in [-0.2, 0) is 5.75 Å². The molecule has 0 aliphatic heterocycles. The third kappa shape index (κ3) is 2.74. The smallest absolute Gasteiger partial charge is 0.335 e. The van der Waals surface area contributed by atoms with Crippen LogP contribution in [0, 0.1) is 0 Å². The minimum absolute atomic E-state index is 0.316. The number of thioether (sulfide) groups is 1. The molecule has 1 N–H and O–H groups in total. The van der Waals surface area contributed by atoms with Gasteiger partial charge in [-0.05, 0) is 24.0 Å². The van der Waals surface area contributed by atoms with Crippen molar-refractivity contribution < 1.29 is 9.90 Å². The quantitative estimate of drug-likeness (QED) is 0.908.